The third kappa shape index (κ3) is 5.57. The van der Waals surface area contributed by atoms with Crippen molar-refractivity contribution in [1.29, 1.82) is 0 Å². The van der Waals surface area contributed by atoms with E-state index in [4.69, 9.17) is 0 Å². The van der Waals surface area contributed by atoms with Gasteiger partial charge in [0.15, 0.2) is 12.3 Å². The Labute approximate surface area is 202 Å². The second-order valence-corrected chi connectivity index (χ2v) is 7.95. The Morgan fingerprint density at radius 1 is 0.486 bits per heavy atom. The summed E-state index contributed by atoms with van der Waals surface area (Å²) in [5.74, 6) is -60.2. The van der Waals surface area contributed by atoms with E-state index in [0.29, 0.717) is 0 Å². The van der Waals surface area contributed by atoms with Gasteiger partial charge in [0.25, 0.3) is 11.9 Å². The first-order chi connectivity index (χ1) is 15.3. The van der Waals surface area contributed by atoms with Gasteiger partial charge >= 0.3 is 60.3 Å². The van der Waals surface area contributed by atoms with Crippen molar-refractivity contribution in [1.82, 2.24) is 0 Å². The second kappa shape index (κ2) is 10.6. The molecule has 37 heavy (non-hydrogen) atoms. The average molecular weight is 616 g/mol. The third-order valence-corrected chi connectivity index (χ3v) is 4.93. The van der Waals surface area contributed by atoms with Crippen LogP contribution in [0.3, 0.4) is 0 Å². The molecule has 0 aliphatic carbocycles. The minimum absolute atomic E-state index is 0. The zero-order chi connectivity index (χ0) is 29.9. The van der Waals surface area contributed by atoms with Crippen molar-refractivity contribution in [2.45, 2.75) is 71.9 Å². The van der Waals surface area contributed by atoms with E-state index in [1.807, 2.05) is 0 Å². The molecule has 0 aromatic carbocycles. The fourth-order valence-corrected chi connectivity index (χ4v) is 2.52. The van der Waals surface area contributed by atoms with Crippen molar-refractivity contribution in [2.24, 2.45) is 0 Å². The minimum Gasteiger partial charge on any atom is -0.746 e. The summed E-state index contributed by atoms with van der Waals surface area (Å²) in [6.07, 6.45) is -21.1. The normalized spacial score (nSPS) is 18.8. The summed E-state index contributed by atoms with van der Waals surface area (Å²) in [7, 11) is -7.54. The number of rotatable bonds is 12. The number of alkyl halides is 20. The van der Waals surface area contributed by atoms with E-state index in [0.717, 1.165) is 0 Å². The van der Waals surface area contributed by atoms with Crippen LogP contribution in [0.25, 0.3) is 0 Å². The number of hydrogen-bond donors (Lipinski definition) is 0. The molecule has 0 saturated heterocycles. The van der Waals surface area contributed by atoms with Crippen molar-refractivity contribution >= 4 is 10.1 Å². The monoisotopic (exact) mass is 616 g/mol. The van der Waals surface area contributed by atoms with E-state index in [1.54, 1.807) is 0 Å². The summed E-state index contributed by atoms with van der Waals surface area (Å²) in [6, 6.07) is 0. The zero-order valence-corrected chi connectivity index (χ0v) is 17.4. The van der Waals surface area contributed by atoms with Gasteiger partial charge in [0.2, 0.25) is 6.17 Å². The average Bonchev–Trinajstić information content (AvgIpc) is 2.69. The van der Waals surface area contributed by atoms with Gasteiger partial charge in [-0.1, -0.05) is 0 Å². The van der Waals surface area contributed by atoms with Gasteiger partial charge in [0, 0.05) is 0 Å². The van der Waals surface area contributed by atoms with Gasteiger partial charge in [0.05, 0.1) is 0 Å². The molecule has 0 aliphatic heterocycles. The molecule has 0 aliphatic rings. The zero-order valence-electron chi connectivity index (χ0n) is 16.6. The van der Waals surface area contributed by atoms with E-state index in [1.165, 1.54) is 0 Å². The molecule has 0 N–H and O–H groups in total. The van der Waals surface area contributed by atoms with Gasteiger partial charge in [-0.25, -0.2) is 34.8 Å². The molecule has 4 atom stereocenters. The predicted molar refractivity (Wildman–Crippen MR) is 69.9 cm³/mol. The van der Waals surface area contributed by atoms with Crippen molar-refractivity contribution in [3.8, 4) is 0 Å². The van der Waals surface area contributed by atoms with Crippen LogP contribution in [0.5, 0.6) is 0 Å². The van der Waals surface area contributed by atoms with Gasteiger partial charge < -0.3 is 4.55 Å². The van der Waals surface area contributed by atoms with Gasteiger partial charge in [0.1, 0.15) is 10.1 Å². The minimum atomic E-state index is -9.03. The summed E-state index contributed by atoms with van der Waals surface area (Å²) in [6.45, 7) is 0. The van der Waals surface area contributed by atoms with Gasteiger partial charge in [-0.05, 0) is 0 Å². The molecule has 218 valence electrons. The van der Waals surface area contributed by atoms with Gasteiger partial charge in [-0.3, -0.25) is 0 Å². The molecule has 0 aromatic rings. The van der Waals surface area contributed by atoms with Crippen LogP contribution in [0.4, 0.5) is 87.8 Å². The molecule has 0 fully saturated rings. The maximum absolute atomic E-state index is 13.5. The van der Waals surface area contributed by atoms with Crippen molar-refractivity contribution in [3.05, 3.63) is 0 Å². The smallest absolute Gasteiger partial charge is 0.746 e. The van der Waals surface area contributed by atoms with Crippen LogP contribution in [-0.2, 0) is 10.1 Å². The van der Waals surface area contributed by atoms with Crippen LogP contribution < -0.4 is 18.9 Å². The fourth-order valence-electron chi connectivity index (χ4n) is 2.01. The molecule has 0 radical (unpaired) electrons. The van der Waals surface area contributed by atoms with Gasteiger partial charge in [-0.15, -0.1) is 0 Å². The Morgan fingerprint density at radius 3 is 1.03 bits per heavy atom. The largest absolute Gasteiger partial charge is 1.00 e. The number of halogens is 20. The maximum atomic E-state index is 13.5. The van der Waals surface area contributed by atoms with Crippen molar-refractivity contribution in [3.63, 3.8) is 0 Å². The Bertz CT molecular complexity index is 891. The van der Waals surface area contributed by atoms with Crippen LogP contribution in [0.15, 0.2) is 0 Å². The van der Waals surface area contributed by atoms with Crippen LogP contribution >= 0.6 is 0 Å². The van der Waals surface area contributed by atoms with E-state index < -0.39 is 82.0 Å². The summed E-state index contributed by atoms with van der Waals surface area (Å²) in [5, 5.41) is 0. The SMILES string of the molecule is O=S(=O)([O-])C(F)C(F)(F)C(F)(F)C(F)(F)C(F)(F)C(F)(F)C(F)(F)C(F)(F)C(F)C(F)C(F)C(F)F.[Li+]. The van der Waals surface area contributed by atoms with E-state index in [2.05, 4.69) is 0 Å². The Balaban J connectivity index is 0. The fraction of sp³-hybridized carbons (Fsp3) is 1.00. The molecule has 3 nitrogen and oxygen atoms in total. The molecule has 0 amide bonds. The molecule has 25 heteroatoms. The summed E-state index contributed by atoms with van der Waals surface area (Å²) >= 11 is 0. The summed E-state index contributed by atoms with van der Waals surface area (Å²) < 4.78 is 292. The first kappa shape index (κ1) is 38.3. The molecular formula is C12H5F20LiO3S. The van der Waals surface area contributed by atoms with Crippen LogP contribution in [0.1, 0.15) is 0 Å². The standard InChI is InChI=1S/C12H6F20O3S.Li/c13-1(2(14)4(16)17)3(15)6(19,20)8(23,24)10(27,28)12(31,32)11(29,30)9(25,26)7(21,22)5(18)36(33,34)35;/h1-5H,(H,33,34,35);/q;+1/p-1. The molecule has 0 heterocycles. The van der Waals surface area contributed by atoms with Crippen molar-refractivity contribution in [2.75, 3.05) is 0 Å². The Morgan fingerprint density at radius 2 is 0.757 bits per heavy atom. The summed E-state index contributed by atoms with van der Waals surface area (Å²) in [4.78, 5) is 0. The van der Waals surface area contributed by atoms with Crippen LogP contribution in [0.2, 0.25) is 0 Å². The van der Waals surface area contributed by atoms with Crippen LogP contribution in [-0.4, -0.2) is 84.9 Å². The summed E-state index contributed by atoms with van der Waals surface area (Å²) in [5.41, 5.74) is -6.18. The first-order valence-electron chi connectivity index (χ1n) is 7.77. The third-order valence-electron chi connectivity index (χ3n) is 4.12. The topological polar surface area (TPSA) is 57.2 Å². The Hall–Kier alpha value is -0.893. The predicted octanol–water partition coefficient (Wildman–Crippen LogP) is 2.56. The molecular weight excluding hydrogens is 611 g/mol. The quantitative estimate of drug-likeness (QED) is 0.193. The second-order valence-electron chi connectivity index (χ2n) is 6.55. The maximum Gasteiger partial charge on any atom is 1.00 e. The Kier molecular flexibility index (Phi) is 10.9. The van der Waals surface area contributed by atoms with E-state index in [-0.39, 0.29) is 18.9 Å². The van der Waals surface area contributed by atoms with Crippen molar-refractivity contribution < 1.29 is 120 Å². The van der Waals surface area contributed by atoms with E-state index in [9.17, 15) is 101 Å². The molecule has 0 saturated carbocycles. The number of hydrogen-bond acceptors (Lipinski definition) is 3. The van der Waals surface area contributed by atoms with Crippen LogP contribution in [0, 0.1) is 0 Å². The van der Waals surface area contributed by atoms with E-state index >= 15 is 0 Å². The van der Waals surface area contributed by atoms with Gasteiger partial charge in [-0.2, -0.15) is 61.5 Å². The molecule has 0 aromatic heterocycles. The first-order valence-corrected chi connectivity index (χ1v) is 9.24. The molecule has 0 spiro atoms. The molecule has 0 rings (SSSR count). The molecule has 4 unspecified atom stereocenters. The molecule has 0 bridgehead atoms.